The van der Waals surface area contributed by atoms with Gasteiger partial charge in [0.15, 0.2) is 0 Å². The van der Waals surface area contributed by atoms with Crippen LogP contribution in [0, 0.1) is 0 Å². The van der Waals surface area contributed by atoms with Gasteiger partial charge in [-0.25, -0.2) is 9.97 Å². The Balaban J connectivity index is 1.60. The maximum Gasteiger partial charge on any atom is 0.273 e. The minimum Gasteiger partial charge on any atom is -0.378 e. The SMILES string of the molecule is COCc1nc(C(=O)N2CCN(c3nccn3C)CC2)cs1. The van der Waals surface area contributed by atoms with Crippen molar-refractivity contribution in [1.82, 2.24) is 19.4 Å². The van der Waals surface area contributed by atoms with E-state index in [0.29, 0.717) is 25.4 Å². The fourth-order valence-electron chi connectivity index (χ4n) is 2.53. The molecule has 0 radical (unpaired) electrons. The van der Waals surface area contributed by atoms with Gasteiger partial charge < -0.3 is 19.1 Å². The van der Waals surface area contributed by atoms with Crippen LogP contribution >= 0.6 is 11.3 Å². The lowest BCUT2D eigenvalue weighted by atomic mass is 10.3. The third-order valence-electron chi connectivity index (χ3n) is 3.68. The summed E-state index contributed by atoms with van der Waals surface area (Å²) in [6.07, 6.45) is 3.72. The molecule has 0 unspecified atom stereocenters. The molecule has 0 bridgehead atoms. The van der Waals surface area contributed by atoms with Crippen LogP contribution in [0.5, 0.6) is 0 Å². The number of thiazole rings is 1. The van der Waals surface area contributed by atoms with Crippen LogP contribution < -0.4 is 4.90 Å². The lowest BCUT2D eigenvalue weighted by Gasteiger charge is -2.34. The van der Waals surface area contributed by atoms with E-state index in [1.807, 2.05) is 28.1 Å². The van der Waals surface area contributed by atoms with Gasteiger partial charge in [0.25, 0.3) is 5.91 Å². The van der Waals surface area contributed by atoms with E-state index >= 15 is 0 Å². The predicted molar refractivity (Wildman–Crippen MR) is 84.2 cm³/mol. The molecular formula is C14H19N5O2S. The van der Waals surface area contributed by atoms with Gasteiger partial charge in [0.05, 0.1) is 6.61 Å². The average molecular weight is 321 g/mol. The molecule has 7 nitrogen and oxygen atoms in total. The van der Waals surface area contributed by atoms with Gasteiger partial charge in [-0.15, -0.1) is 11.3 Å². The molecule has 1 amide bonds. The number of imidazole rings is 1. The minimum absolute atomic E-state index is 0.00177. The number of methoxy groups -OCH3 is 1. The fourth-order valence-corrected chi connectivity index (χ4v) is 3.27. The van der Waals surface area contributed by atoms with E-state index in [1.54, 1.807) is 13.3 Å². The maximum atomic E-state index is 12.5. The monoisotopic (exact) mass is 321 g/mol. The first-order chi connectivity index (χ1) is 10.7. The molecule has 1 aliphatic heterocycles. The Morgan fingerprint density at radius 2 is 2.14 bits per heavy atom. The molecule has 3 rings (SSSR count). The number of piperazine rings is 1. The molecule has 1 aliphatic rings. The summed E-state index contributed by atoms with van der Waals surface area (Å²) in [7, 11) is 3.60. The molecule has 1 saturated heterocycles. The van der Waals surface area contributed by atoms with Gasteiger partial charge in [0, 0.05) is 58.1 Å². The highest BCUT2D eigenvalue weighted by molar-refractivity contribution is 7.09. The van der Waals surface area contributed by atoms with Gasteiger partial charge in [-0.1, -0.05) is 0 Å². The number of hydrogen-bond donors (Lipinski definition) is 0. The van der Waals surface area contributed by atoms with Crippen LogP contribution in [-0.2, 0) is 18.4 Å². The summed E-state index contributed by atoms with van der Waals surface area (Å²) in [5.41, 5.74) is 0.516. The smallest absolute Gasteiger partial charge is 0.273 e. The molecule has 0 atom stereocenters. The molecular weight excluding hydrogens is 302 g/mol. The van der Waals surface area contributed by atoms with E-state index in [2.05, 4.69) is 14.9 Å². The number of ether oxygens (including phenoxy) is 1. The Bertz CT molecular complexity index is 645. The van der Waals surface area contributed by atoms with Gasteiger partial charge >= 0.3 is 0 Å². The third-order valence-corrected chi connectivity index (χ3v) is 4.51. The predicted octanol–water partition coefficient (Wildman–Crippen LogP) is 0.985. The van der Waals surface area contributed by atoms with Crippen molar-refractivity contribution in [2.75, 3.05) is 38.2 Å². The summed E-state index contributed by atoms with van der Waals surface area (Å²) in [5.74, 6) is 0.946. The number of nitrogens with zero attached hydrogens (tertiary/aromatic N) is 5. The second-order valence-electron chi connectivity index (χ2n) is 5.18. The summed E-state index contributed by atoms with van der Waals surface area (Å²) in [6, 6.07) is 0. The fraction of sp³-hybridized carbons (Fsp3) is 0.500. The topological polar surface area (TPSA) is 63.5 Å². The molecule has 3 heterocycles. The van der Waals surface area contributed by atoms with Gasteiger partial charge in [-0.3, -0.25) is 4.79 Å². The second-order valence-corrected chi connectivity index (χ2v) is 6.12. The van der Waals surface area contributed by atoms with E-state index in [9.17, 15) is 4.79 Å². The summed E-state index contributed by atoms with van der Waals surface area (Å²) >= 11 is 1.46. The average Bonchev–Trinajstić information content (AvgIpc) is 3.16. The number of rotatable bonds is 4. The van der Waals surface area contributed by atoms with E-state index in [1.165, 1.54) is 11.3 Å². The summed E-state index contributed by atoms with van der Waals surface area (Å²) in [4.78, 5) is 25.2. The van der Waals surface area contributed by atoms with Crippen molar-refractivity contribution in [1.29, 1.82) is 0 Å². The molecule has 22 heavy (non-hydrogen) atoms. The molecule has 0 saturated carbocycles. The van der Waals surface area contributed by atoms with Crippen LogP contribution in [0.3, 0.4) is 0 Å². The number of aromatic nitrogens is 3. The Morgan fingerprint density at radius 3 is 2.77 bits per heavy atom. The van der Waals surface area contributed by atoms with Gasteiger partial charge in [-0.2, -0.15) is 0 Å². The van der Waals surface area contributed by atoms with Crippen LogP contribution in [0.2, 0.25) is 0 Å². The molecule has 2 aromatic rings. The van der Waals surface area contributed by atoms with Crippen molar-refractivity contribution in [3.05, 3.63) is 28.5 Å². The quantitative estimate of drug-likeness (QED) is 0.840. The zero-order chi connectivity index (χ0) is 15.5. The number of carbonyl (C=O) groups is 1. The first-order valence-electron chi connectivity index (χ1n) is 7.14. The number of amides is 1. The number of anilines is 1. The summed E-state index contributed by atoms with van der Waals surface area (Å²) in [6.45, 7) is 3.38. The highest BCUT2D eigenvalue weighted by Gasteiger charge is 2.25. The largest absolute Gasteiger partial charge is 0.378 e. The van der Waals surface area contributed by atoms with Crippen LogP contribution in [0.4, 0.5) is 5.95 Å². The Labute approximate surface area is 133 Å². The van der Waals surface area contributed by atoms with Crippen LogP contribution in [-0.4, -0.2) is 58.6 Å². The minimum atomic E-state index is -0.00177. The molecule has 0 N–H and O–H groups in total. The summed E-state index contributed by atoms with van der Waals surface area (Å²) < 4.78 is 7.04. The van der Waals surface area contributed by atoms with Crippen molar-refractivity contribution >= 4 is 23.2 Å². The highest BCUT2D eigenvalue weighted by Crippen LogP contribution is 2.16. The molecule has 1 fully saturated rings. The number of aryl methyl sites for hydroxylation is 1. The normalized spacial score (nSPS) is 15.4. The third kappa shape index (κ3) is 2.97. The molecule has 0 spiro atoms. The Hall–Kier alpha value is -1.93. The van der Waals surface area contributed by atoms with Gasteiger partial charge in [0.1, 0.15) is 10.7 Å². The molecule has 8 heteroatoms. The molecule has 2 aromatic heterocycles. The van der Waals surface area contributed by atoms with Crippen molar-refractivity contribution < 1.29 is 9.53 Å². The number of carbonyl (C=O) groups excluding carboxylic acids is 1. The van der Waals surface area contributed by atoms with Crippen LogP contribution in [0.1, 0.15) is 15.5 Å². The highest BCUT2D eigenvalue weighted by atomic mass is 32.1. The van der Waals surface area contributed by atoms with Crippen molar-refractivity contribution in [3.63, 3.8) is 0 Å². The first-order valence-corrected chi connectivity index (χ1v) is 8.02. The van der Waals surface area contributed by atoms with Crippen LogP contribution in [0.15, 0.2) is 17.8 Å². The lowest BCUT2D eigenvalue weighted by molar-refractivity contribution is 0.0740. The van der Waals surface area contributed by atoms with Crippen molar-refractivity contribution in [2.45, 2.75) is 6.61 Å². The number of hydrogen-bond acceptors (Lipinski definition) is 6. The van der Waals surface area contributed by atoms with Crippen molar-refractivity contribution in [3.8, 4) is 0 Å². The first kappa shape index (κ1) is 15.0. The zero-order valence-electron chi connectivity index (χ0n) is 12.7. The van der Waals surface area contributed by atoms with Gasteiger partial charge in [-0.05, 0) is 0 Å². The van der Waals surface area contributed by atoms with Gasteiger partial charge in [0.2, 0.25) is 5.95 Å². The van der Waals surface area contributed by atoms with Crippen LogP contribution in [0.25, 0.3) is 0 Å². The zero-order valence-corrected chi connectivity index (χ0v) is 13.5. The standard InChI is InChI=1S/C14H19N5O2S/c1-17-4-3-15-14(17)19-7-5-18(6-8-19)13(20)11-10-22-12(16-11)9-21-2/h3-4,10H,5-9H2,1-2H3. The lowest BCUT2D eigenvalue weighted by Crippen LogP contribution is -2.49. The molecule has 0 aromatic carbocycles. The maximum absolute atomic E-state index is 12.5. The van der Waals surface area contributed by atoms with E-state index in [0.717, 1.165) is 24.0 Å². The molecule has 118 valence electrons. The van der Waals surface area contributed by atoms with E-state index < -0.39 is 0 Å². The Kier molecular flexibility index (Phi) is 4.39. The Morgan fingerprint density at radius 1 is 1.36 bits per heavy atom. The summed E-state index contributed by atoms with van der Waals surface area (Å²) in [5, 5.41) is 2.64. The second kappa shape index (κ2) is 6.45. The van der Waals surface area contributed by atoms with E-state index in [-0.39, 0.29) is 5.91 Å². The van der Waals surface area contributed by atoms with Crippen molar-refractivity contribution in [2.24, 2.45) is 7.05 Å². The van der Waals surface area contributed by atoms with E-state index in [4.69, 9.17) is 4.74 Å². The molecule has 0 aliphatic carbocycles.